The maximum atomic E-state index is 13.2. The first-order valence-electron chi connectivity index (χ1n) is 9.78. The second kappa shape index (κ2) is 8.30. The van der Waals surface area contributed by atoms with Crippen LogP contribution in [0.5, 0.6) is 0 Å². The number of nitrogens with one attached hydrogen (secondary N) is 3. The van der Waals surface area contributed by atoms with E-state index in [4.69, 9.17) is 0 Å². The first-order chi connectivity index (χ1) is 14.1. The molecule has 4 rings (SSSR count). The van der Waals surface area contributed by atoms with Crippen molar-refractivity contribution in [1.29, 1.82) is 0 Å². The Hall–Kier alpha value is -3.42. The van der Waals surface area contributed by atoms with Crippen LogP contribution in [0.1, 0.15) is 53.5 Å². The van der Waals surface area contributed by atoms with E-state index in [2.05, 4.69) is 44.2 Å². The summed E-state index contributed by atoms with van der Waals surface area (Å²) in [6.07, 6.45) is 6.99. The van der Waals surface area contributed by atoms with Crippen LogP contribution in [-0.2, 0) is 6.54 Å². The molecule has 2 aromatic heterocycles. The molecule has 8 nitrogen and oxygen atoms in total. The van der Waals surface area contributed by atoms with Crippen LogP contribution in [0.4, 0.5) is 0 Å². The standard InChI is InChI=1S/C21H23N5O3/c27-19-12-17(24-21(29)25-19)20(28)26(13-18-22-10-11-23-18)16-8-6-15(7-9-16)14-4-2-1-3-5-14/h1-5,10-12,15-16H,6-9,13H2,(H,22,23)(H2,24,25,27,29). The predicted octanol–water partition coefficient (Wildman–Crippen LogP) is 2.16. The summed E-state index contributed by atoms with van der Waals surface area (Å²) in [6.45, 7) is 0.293. The lowest BCUT2D eigenvalue weighted by molar-refractivity contribution is 0.0592. The minimum Gasteiger partial charge on any atom is -0.347 e. The van der Waals surface area contributed by atoms with Crippen LogP contribution in [-0.4, -0.2) is 36.8 Å². The number of H-pyrrole nitrogens is 3. The van der Waals surface area contributed by atoms with Gasteiger partial charge >= 0.3 is 5.69 Å². The molecule has 0 atom stereocenters. The maximum Gasteiger partial charge on any atom is 0.326 e. The summed E-state index contributed by atoms with van der Waals surface area (Å²) in [5, 5.41) is 0. The minimum absolute atomic E-state index is 0.00418. The predicted molar refractivity (Wildman–Crippen MR) is 108 cm³/mol. The van der Waals surface area contributed by atoms with Crippen LogP contribution in [0.15, 0.2) is 58.4 Å². The zero-order chi connectivity index (χ0) is 20.2. The Kier molecular flexibility index (Phi) is 5.41. The smallest absolute Gasteiger partial charge is 0.326 e. The summed E-state index contributed by atoms with van der Waals surface area (Å²) >= 11 is 0. The van der Waals surface area contributed by atoms with Crippen molar-refractivity contribution >= 4 is 5.91 Å². The fraction of sp³-hybridized carbons (Fsp3) is 0.333. The molecule has 3 N–H and O–H groups in total. The Labute approximate surface area is 167 Å². The highest BCUT2D eigenvalue weighted by Gasteiger charge is 2.31. The summed E-state index contributed by atoms with van der Waals surface area (Å²) in [4.78, 5) is 50.0. The van der Waals surface area contributed by atoms with Crippen LogP contribution < -0.4 is 11.2 Å². The summed E-state index contributed by atoms with van der Waals surface area (Å²) in [7, 11) is 0. The number of aromatic nitrogens is 4. The fourth-order valence-corrected chi connectivity index (χ4v) is 4.10. The molecule has 2 heterocycles. The second-order valence-electron chi connectivity index (χ2n) is 7.39. The van der Waals surface area contributed by atoms with Crippen molar-refractivity contribution < 1.29 is 4.79 Å². The molecule has 29 heavy (non-hydrogen) atoms. The Morgan fingerprint density at radius 1 is 1.07 bits per heavy atom. The van der Waals surface area contributed by atoms with Crippen molar-refractivity contribution in [2.45, 2.75) is 44.2 Å². The number of aromatic amines is 3. The highest BCUT2D eigenvalue weighted by atomic mass is 16.2. The topological polar surface area (TPSA) is 115 Å². The van der Waals surface area contributed by atoms with Gasteiger partial charge in [-0.15, -0.1) is 0 Å². The number of hydrogen-bond acceptors (Lipinski definition) is 4. The SMILES string of the molecule is O=C(c1cc(=O)[nH]c(=O)[nH]1)N(Cc1ncc[nH]1)C1CCC(c2ccccc2)CC1. The molecule has 1 saturated carbocycles. The molecule has 0 spiro atoms. The van der Waals surface area contributed by atoms with Gasteiger partial charge in [0.05, 0.1) is 6.54 Å². The molecule has 0 saturated heterocycles. The molecule has 1 fully saturated rings. The monoisotopic (exact) mass is 393 g/mol. The molecule has 1 amide bonds. The number of imidazole rings is 1. The highest BCUT2D eigenvalue weighted by Crippen LogP contribution is 2.35. The van der Waals surface area contributed by atoms with Crippen LogP contribution in [0, 0.1) is 0 Å². The van der Waals surface area contributed by atoms with Crippen molar-refractivity contribution in [2.24, 2.45) is 0 Å². The summed E-state index contributed by atoms with van der Waals surface area (Å²) in [5.74, 6) is 0.774. The van der Waals surface area contributed by atoms with E-state index < -0.39 is 11.2 Å². The number of nitrogens with zero attached hydrogens (tertiary/aromatic N) is 2. The van der Waals surface area contributed by atoms with E-state index in [9.17, 15) is 14.4 Å². The van der Waals surface area contributed by atoms with Gasteiger partial charge in [0.25, 0.3) is 11.5 Å². The molecule has 3 aromatic rings. The molecule has 0 aliphatic heterocycles. The first kappa shape index (κ1) is 18.9. The quantitative estimate of drug-likeness (QED) is 0.616. The van der Waals surface area contributed by atoms with Crippen LogP contribution in [0.3, 0.4) is 0 Å². The number of hydrogen-bond donors (Lipinski definition) is 3. The zero-order valence-electron chi connectivity index (χ0n) is 15.9. The molecule has 0 radical (unpaired) electrons. The number of rotatable bonds is 5. The van der Waals surface area contributed by atoms with Gasteiger partial charge in [0.15, 0.2) is 0 Å². The Balaban J connectivity index is 1.55. The van der Waals surface area contributed by atoms with E-state index in [-0.39, 0.29) is 17.6 Å². The van der Waals surface area contributed by atoms with E-state index in [1.54, 1.807) is 17.3 Å². The van der Waals surface area contributed by atoms with Gasteiger partial charge in [-0.25, -0.2) is 9.78 Å². The molecule has 1 aliphatic carbocycles. The van der Waals surface area contributed by atoms with Crippen LogP contribution >= 0.6 is 0 Å². The van der Waals surface area contributed by atoms with Crippen LogP contribution in [0.2, 0.25) is 0 Å². The number of carbonyl (C=O) groups excluding carboxylic acids is 1. The molecular weight excluding hydrogens is 370 g/mol. The average molecular weight is 393 g/mol. The minimum atomic E-state index is -0.688. The largest absolute Gasteiger partial charge is 0.347 e. The third-order valence-electron chi connectivity index (χ3n) is 5.54. The molecule has 0 bridgehead atoms. The summed E-state index contributed by atoms with van der Waals surface area (Å²) in [5.41, 5.74) is 0.0405. The van der Waals surface area contributed by atoms with E-state index in [1.165, 1.54) is 5.56 Å². The Bertz CT molecular complexity index is 1040. The molecular formula is C21H23N5O3. The van der Waals surface area contributed by atoms with Crippen molar-refractivity contribution in [2.75, 3.05) is 0 Å². The number of benzene rings is 1. The molecule has 150 valence electrons. The lowest BCUT2D eigenvalue weighted by atomic mass is 9.81. The summed E-state index contributed by atoms with van der Waals surface area (Å²) < 4.78 is 0. The third kappa shape index (κ3) is 4.37. The molecule has 0 unspecified atom stereocenters. The lowest BCUT2D eigenvalue weighted by Crippen LogP contribution is -2.43. The van der Waals surface area contributed by atoms with Gasteiger partial charge in [0.1, 0.15) is 11.5 Å². The normalized spacial score (nSPS) is 19.0. The number of amides is 1. The number of carbonyl (C=O) groups is 1. The molecule has 1 aliphatic rings. The van der Waals surface area contributed by atoms with Gasteiger partial charge in [0.2, 0.25) is 0 Å². The van der Waals surface area contributed by atoms with Gasteiger partial charge in [-0.05, 0) is 37.2 Å². The van der Waals surface area contributed by atoms with Gasteiger partial charge in [-0.3, -0.25) is 14.6 Å². The Morgan fingerprint density at radius 2 is 1.83 bits per heavy atom. The van der Waals surface area contributed by atoms with E-state index >= 15 is 0 Å². The van der Waals surface area contributed by atoms with E-state index in [0.29, 0.717) is 18.3 Å². The van der Waals surface area contributed by atoms with Crippen LogP contribution in [0.25, 0.3) is 0 Å². The van der Waals surface area contributed by atoms with Gasteiger partial charge < -0.3 is 14.9 Å². The van der Waals surface area contributed by atoms with E-state index in [0.717, 1.165) is 31.7 Å². The maximum absolute atomic E-state index is 13.2. The summed E-state index contributed by atoms with van der Waals surface area (Å²) in [6, 6.07) is 11.6. The fourth-order valence-electron chi connectivity index (χ4n) is 4.10. The third-order valence-corrected chi connectivity index (χ3v) is 5.54. The van der Waals surface area contributed by atoms with E-state index in [1.807, 2.05) is 6.07 Å². The van der Waals surface area contributed by atoms with Crippen molar-refractivity contribution in [3.8, 4) is 0 Å². The second-order valence-corrected chi connectivity index (χ2v) is 7.39. The highest BCUT2D eigenvalue weighted by molar-refractivity contribution is 5.92. The zero-order valence-corrected chi connectivity index (χ0v) is 15.9. The lowest BCUT2D eigenvalue weighted by Gasteiger charge is -2.36. The van der Waals surface area contributed by atoms with Crippen molar-refractivity contribution in [1.82, 2.24) is 24.8 Å². The van der Waals surface area contributed by atoms with Crippen molar-refractivity contribution in [3.63, 3.8) is 0 Å². The van der Waals surface area contributed by atoms with Gasteiger partial charge in [-0.1, -0.05) is 30.3 Å². The van der Waals surface area contributed by atoms with Crippen molar-refractivity contribution in [3.05, 3.63) is 86.7 Å². The average Bonchev–Trinajstić information content (AvgIpc) is 3.25. The van der Waals surface area contributed by atoms with Gasteiger partial charge in [0, 0.05) is 24.5 Å². The van der Waals surface area contributed by atoms with Gasteiger partial charge in [-0.2, -0.15) is 0 Å². The Morgan fingerprint density at radius 3 is 2.48 bits per heavy atom. The molecule has 8 heteroatoms. The first-order valence-corrected chi connectivity index (χ1v) is 9.78. The molecule has 1 aromatic carbocycles.